The van der Waals surface area contributed by atoms with Gasteiger partial charge in [0, 0.05) is 17.3 Å². The van der Waals surface area contributed by atoms with Crippen LogP contribution >= 0.6 is 11.3 Å². The van der Waals surface area contributed by atoms with Crippen LogP contribution in [0.25, 0.3) is 0 Å². The van der Waals surface area contributed by atoms with E-state index < -0.39 is 0 Å². The van der Waals surface area contributed by atoms with E-state index in [9.17, 15) is 0 Å². The van der Waals surface area contributed by atoms with Crippen molar-refractivity contribution in [3.05, 3.63) is 15.6 Å². The molecule has 86 valence electrons. The number of aromatic nitrogens is 1. The zero-order chi connectivity index (χ0) is 11.4. The van der Waals surface area contributed by atoms with E-state index >= 15 is 0 Å². The smallest absolute Gasteiger partial charge is 0.0946 e. The second-order valence-electron chi connectivity index (χ2n) is 4.57. The van der Waals surface area contributed by atoms with E-state index in [1.54, 1.807) is 0 Å². The van der Waals surface area contributed by atoms with Crippen LogP contribution in [0.4, 0.5) is 0 Å². The predicted octanol–water partition coefficient (Wildman–Crippen LogP) is 2.94. The first-order chi connectivity index (χ1) is 7.02. The van der Waals surface area contributed by atoms with Gasteiger partial charge in [-0.05, 0) is 33.2 Å². The molecule has 0 aliphatic rings. The normalized spacial score (nSPS) is 13.5. The second kappa shape index (κ2) is 5.61. The molecule has 1 aromatic heterocycles. The molecular weight excluding hydrogens is 204 g/mol. The minimum Gasteiger partial charge on any atom is -0.317 e. The number of nitrogens with zero attached hydrogens (tertiary/aromatic N) is 1. The third kappa shape index (κ3) is 3.92. The highest BCUT2D eigenvalue weighted by molar-refractivity contribution is 7.11. The monoisotopic (exact) mass is 226 g/mol. The van der Waals surface area contributed by atoms with Gasteiger partial charge in [0.15, 0.2) is 0 Å². The summed E-state index contributed by atoms with van der Waals surface area (Å²) in [6.07, 6.45) is 2.28. The fourth-order valence-corrected chi connectivity index (χ4v) is 2.72. The van der Waals surface area contributed by atoms with E-state index in [0.717, 1.165) is 12.3 Å². The summed E-state index contributed by atoms with van der Waals surface area (Å²) >= 11 is 1.83. The number of thiazole rings is 1. The number of aryl methyl sites for hydroxylation is 2. The molecule has 3 heteroatoms. The molecule has 0 spiro atoms. The zero-order valence-corrected chi connectivity index (χ0v) is 11.2. The summed E-state index contributed by atoms with van der Waals surface area (Å²) in [6, 6.07) is 0.565. The number of hydrogen-bond acceptors (Lipinski definition) is 3. The summed E-state index contributed by atoms with van der Waals surface area (Å²) in [5.74, 6) is 0.740. The molecule has 0 fully saturated rings. The Morgan fingerprint density at radius 3 is 2.40 bits per heavy atom. The lowest BCUT2D eigenvalue weighted by atomic mass is 10.0. The third-order valence-corrected chi connectivity index (χ3v) is 3.75. The summed E-state index contributed by atoms with van der Waals surface area (Å²) in [6.45, 7) is 8.77. The maximum absolute atomic E-state index is 4.58. The van der Waals surface area contributed by atoms with Crippen LogP contribution in [-0.2, 0) is 6.42 Å². The molecular formula is C12H22N2S. The maximum Gasteiger partial charge on any atom is 0.0946 e. The lowest BCUT2D eigenvalue weighted by Crippen LogP contribution is -2.29. The van der Waals surface area contributed by atoms with Gasteiger partial charge in [0.2, 0.25) is 0 Å². The molecule has 1 atom stereocenters. The second-order valence-corrected chi connectivity index (χ2v) is 5.86. The Labute approximate surface area is 97.1 Å². The van der Waals surface area contributed by atoms with Gasteiger partial charge in [-0.2, -0.15) is 0 Å². The molecule has 0 aromatic carbocycles. The number of rotatable bonds is 5. The van der Waals surface area contributed by atoms with Crippen LogP contribution in [0.1, 0.15) is 35.8 Å². The van der Waals surface area contributed by atoms with Gasteiger partial charge in [-0.15, -0.1) is 11.3 Å². The lowest BCUT2D eigenvalue weighted by molar-refractivity contribution is 0.440. The van der Waals surface area contributed by atoms with E-state index in [1.807, 2.05) is 18.4 Å². The SMILES string of the molecule is CNC(Cc1nc(C)c(C)s1)CC(C)C. The Morgan fingerprint density at radius 1 is 1.33 bits per heavy atom. The zero-order valence-electron chi connectivity index (χ0n) is 10.4. The quantitative estimate of drug-likeness (QED) is 0.835. The molecule has 15 heavy (non-hydrogen) atoms. The largest absolute Gasteiger partial charge is 0.317 e. The molecule has 1 N–H and O–H groups in total. The molecule has 0 amide bonds. The van der Waals surface area contributed by atoms with Crippen molar-refractivity contribution < 1.29 is 0 Å². The Kier molecular flexibility index (Phi) is 4.74. The molecule has 0 saturated carbocycles. The third-order valence-electron chi connectivity index (χ3n) is 2.66. The molecule has 1 aromatic rings. The van der Waals surface area contributed by atoms with Gasteiger partial charge < -0.3 is 5.32 Å². The first-order valence-corrected chi connectivity index (χ1v) is 6.44. The minimum absolute atomic E-state index is 0.565. The average Bonchev–Trinajstić information content (AvgIpc) is 2.44. The summed E-state index contributed by atoms with van der Waals surface area (Å²) < 4.78 is 0. The topological polar surface area (TPSA) is 24.9 Å². The summed E-state index contributed by atoms with van der Waals surface area (Å²) in [5, 5.41) is 4.65. The molecule has 0 radical (unpaired) electrons. The van der Waals surface area contributed by atoms with Gasteiger partial charge in [0.05, 0.1) is 10.7 Å². The van der Waals surface area contributed by atoms with Gasteiger partial charge in [0.25, 0.3) is 0 Å². The van der Waals surface area contributed by atoms with Crippen molar-refractivity contribution in [2.24, 2.45) is 5.92 Å². The van der Waals surface area contributed by atoms with E-state index in [1.165, 1.54) is 22.0 Å². The standard InChI is InChI=1S/C12H22N2S/c1-8(2)6-11(13-5)7-12-14-9(3)10(4)15-12/h8,11,13H,6-7H2,1-5H3. The van der Waals surface area contributed by atoms with Crippen molar-refractivity contribution in [2.75, 3.05) is 7.05 Å². The maximum atomic E-state index is 4.58. The highest BCUT2D eigenvalue weighted by Crippen LogP contribution is 2.19. The van der Waals surface area contributed by atoms with Crippen molar-refractivity contribution in [3.63, 3.8) is 0 Å². The fourth-order valence-electron chi connectivity index (χ4n) is 1.71. The Bertz CT molecular complexity index is 285. The predicted molar refractivity (Wildman–Crippen MR) is 67.6 cm³/mol. The van der Waals surface area contributed by atoms with E-state index in [4.69, 9.17) is 0 Å². The molecule has 2 nitrogen and oxygen atoms in total. The summed E-state index contributed by atoms with van der Waals surface area (Å²) in [5.41, 5.74) is 1.19. The molecule has 1 unspecified atom stereocenters. The molecule has 0 aliphatic carbocycles. The molecule has 0 saturated heterocycles. The molecule has 1 heterocycles. The number of hydrogen-bond donors (Lipinski definition) is 1. The first kappa shape index (κ1) is 12.7. The molecule has 1 rings (SSSR count). The fraction of sp³-hybridized carbons (Fsp3) is 0.750. The van der Waals surface area contributed by atoms with Crippen LogP contribution in [0.3, 0.4) is 0 Å². The lowest BCUT2D eigenvalue weighted by Gasteiger charge is -2.16. The van der Waals surface area contributed by atoms with Crippen molar-refractivity contribution in [3.8, 4) is 0 Å². The van der Waals surface area contributed by atoms with Gasteiger partial charge in [-0.1, -0.05) is 13.8 Å². The van der Waals surface area contributed by atoms with Gasteiger partial charge in [-0.25, -0.2) is 4.98 Å². The van der Waals surface area contributed by atoms with Crippen LogP contribution in [0.2, 0.25) is 0 Å². The van der Waals surface area contributed by atoms with Gasteiger partial charge in [-0.3, -0.25) is 0 Å². The highest BCUT2D eigenvalue weighted by atomic mass is 32.1. The summed E-state index contributed by atoms with van der Waals surface area (Å²) in [7, 11) is 2.04. The van der Waals surface area contributed by atoms with Crippen molar-refractivity contribution in [1.29, 1.82) is 0 Å². The van der Waals surface area contributed by atoms with Crippen LogP contribution in [0.15, 0.2) is 0 Å². The molecule has 0 aliphatic heterocycles. The van der Waals surface area contributed by atoms with Gasteiger partial charge in [0.1, 0.15) is 0 Å². The van der Waals surface area contributed by atoms with E-state index in [-0.39, 0.29) is 0 Å². The first-order valence-electron chi connectivity index (χ1n) is 5.63. The van der Waals surface area contributed by atoms with Crippen LogP contribution in [0.5, 0.6) is 0 Å². The summed E-state index contributed by atoms with van der Waals surface area (Å²) in [4.78, 5) is 5.94. The average molecular weight is 226 g/mol. The number of likely N-dealkylation sites (N-methyl/N-ethyl adjacent to an activating group) is 1. The Hall–Kier alpha value is -0.410. The van der Waals surface area contributed by atoms with Crippen molar-refractivity contribution >= 4 is 11.3 Å². The van der Waals surface area contributed by atoms with Crippen molar-refractivity contribution in [1.82, 2.24) is 10.3 Å². The molecule has 0 bridgehead atoms. The van der Waals surface area contributed by atoms with E-state index in [2.05, 4.69) is 38.0 Å². The number of nitrogens with one attached hydrogen (secondary N) is 1. The van der Waals surface area contributed by atoms with Crippen LogP contribution in [0, 0.1) is 19.8 Å². The Balaban J connectivity index is 2.58. The van der Waals surface area contributed by atoms with Gasteiger partial charge >= 0.3 is 0 Å². The van der Waals surface area contributed by atoms with Crippen LogP contribution < -0.4 is 5.32 Å². The highest BCUT2D eigenvalue weighted by Gasteiger charge is 2.12. The Morgan fingerprint density at radius 2 is 2.00 bits per heavy atom. The van der Waals surface area contributed by atoms with Crippen molar-refractivity contribution in [2.45, 2.75) is 46.6 Å². The minimum atomic E-state index is 0.565. The van der Waals surface area contributed by atoms with E-state index in [0.29, 0.717) is 6.04 Å². The van der Waals surface area contributed by atoms with Crippen LogP contribution in [-0.4, -0.2) is 18.1 Å².